The molecule has 30 heavy (non-hydrogen) atoms. The summed E-state index contributed by atoms with van der Waals surface area (Å²) in [5.74, 6) is -1.94. The van der Waals surface area contributed by atoms with Gasteiger partial charge in [0.1, 0.15) is 17.2 Å². The molecule has 2 aromatic carbocycles. The number of benzene rings is 2. The lowest BCUT2D eigenvalue weighted by molar-refractivity contribution is -0.275. The third-order valence-corrected chi connectivity index (χ3v) is 4.83. The van der Waals surface area contributed by atoms with E-state index in [-0.39, 0.29) is 16.3 Å². The number of anilines is 1. The van der Waals surface area contributed by atoms with Crippen molar-refractivity contribution in [3.63, 3.8) is 0 Å². The van der Waals surface area contributed by atoms with E-state index in [0.29, 0.717) is 16.3 Å². The van der Waals surface area contributed by atoms with E-state index in [2.05, 4.69) is 10.1 Å². The molecule has 2 unspecified atom stereocenters. The number of alkyl halides is 3. The standard InChI is InChI=1S/C19H15ClF3NO5S/c1-27-17-10(3-2-4-13(17)29-19(21,22)23)16-11-7-9(20)5-6-12(11)24-18(30)14(28-16)8-15(25)26/h2-7,14,16H,8H2,1H3,(H,24,30)(H,25,26). The molecule has 11 heteroatoms. The minimum Gasteiger partial charge on any atom is -0.492 e. The van der Waals surface area contributed by atoms with Crippen LogP contribution in [0.5, 0.6) is 11.5 Å². The highest BCUT2D eigenvalue weighted by Gasteiger charge is 2.36. The molecule has 3 rings (SSSR count). The van der Waals surface area contributed by atoms with Crippen molar-refractivity contribution in [2.24, 2.45) is 0 Å². The maximum Gasteiger partial charge on any atom is 0.573 e. The second-order valence-corrected chi connectivity index (χ2v) is 7.13. The molecule has 1 aliphatic rings. The summed E-state index contributed by atoms with van der Waals surface area (Å²) < 4.78 is 53.7. The summed E-state index contributed by atoms with van der Waals surface area (Å²) >= 11 is 11.4. The van der Waals surface area contributed by atoms with E-state index in [9.17, 15) is 23.1 Å². The Kier molecular flexibility index (Phi) is 6.39. The van der Waals surface area contributed by atoms with E-state index in [0.717, 1.165) is 6.07 Å². The quantitative estimate of drug-likeness (QED) is 0.610. The highest BCUT2D eigenvalue weighted by Crippen LogP contribution is 2.44. The first kappa shape index (κ1) is 22.1. The molecule has 2 atom stereocenters. The van der Waals surface area contributed by atoms with Crippen LogP contribution in [-0.2, 0) is 9.53 Å². The molecule has 0 radical (unpaired) electrons. The second kappa shape index (κ2) is 8.66. The Bertz CT molecular complexity index is 985. The monoisotopic (exact) mass is 461 g/mol. The summed E-state index contributed by atoms with van der Waals surface area (Å²) in [5, 5.41) is 12.5. The minimum atomic E-state index is -4.94. The predicted octanol–water partition coefficient (Wildman–Crippen LogP) is 4.95. The Morgan fingerprint density at radius 1 is 1.30 bits per heavy atom. The summed E-state index contributed by atoms with van der Waals surface area (Å²) in [6.07, 6.45) is -7.48. The molecule has 0 spiro atoms. The van der Waals surface area contributed by atoms with Crippen molar-refractivity contribution in [1.29, 1.82) is 0 Å². The van der Waals surface area contributed by atoms with Crippen molar-refractivity contribution in [2.45, 2.75) is 25.0 Å². The number of hydrogen-bond donors (Lipinski definition) is 2. The highest BCUT2D eigenvalue weighted by molar-refractivity contribution is 7.80. The number of ether oxygens (including phenoxy) is 3. The fourth-order valence-electron chi connectivity index (χ4n) is 3.08. The van der Waals surface area contributed by atoms with Gasteiger partial charge >= 0.3 is 12.3 Å². The van der Waals surface area contributed by atoms with E-state index in [4.69, 9.17) is 33.3 Å². The largest absolute Gasteiger partial charge is 0.573 e. The molecule has 0 fully saturated rings. The molecule has 1 heterocycles. The Morgan fingerprint density at radius 3 is 2.67 bits per heavy atom. The van der Waals surface area contributed by atoms with Crippen molar-refractivity contribution in [3.05, 3.63) is 52.5 Å². The predicted molar refractivity (Wildman–Crippen MR) is 106 cm³/mol. The van der Waals surface area contributed by atoms with E-state index in [1.54, 1.807) is 18.2 Å². The zero-order chi connectivity index (χ0) is 22.1. The number of hydrogen-bond acceptors (Lipinski definition) is 5. The topological polar surface area (TPSA) is 77.0 Å². The van der Waals surface area contributed by atoms with Crippen LogP contribution in [0.15, 0.2) is 36.4 Å². The third-order valence-electron chi connectivity index (χ3n) is 4.23. The van der Waals surface area contributed by atoms with Crippen LogP contribution in [0.2, 0.25) is 5.02 Å². The molecule has 0 saturated heterocycles. The number of halogens is 4. The molecule has 2 aromatic rings. The zero-order valence-corrected chi connectivity index (χ0v) is 16.9. The van der Waals surface area contributed by atoms with E-state index in [1.807, 2.05) is 0 Å². The Hall–Kier alpha value is -2.56. The second-order valence-electron chi connectivity index (χ2n) is 6.25. The van der Waals surface area contributed by atoms with Crippen LogP contribution >= 0.6 is 23.8 Å². The summed E-state index contributed by atoms with van der Waals surface area (Å²) in [4.78, 5) is 11.4. The molecule has 0 saturated carbocycles. The van der Waals surface area contributed by atoms with Gasteiger partial charge in [0.2, 0.25) is 0 Å². The average Bonchev–Trinajstić information content (AvgIpc) is 2.77. The molecular weight excluding hydrogens is 447 g/mol. The molecule has 2 N–H and O–H groups in total. The lowest BCUT2D eigenvalue weighted by Gasteiger charge is -2.24. The number of nitrogens with one attached hydrogen (secondary N) is 1. The molecule has 1 aliphatic heterocycles. The van der Waals surface area contributed by atoms with Crippen molar-refractivity contribution in [1.82, 2.24) is 0 Å². The van der Waals surface area contributed by atoms with E-state index >= 15 is 0 Å². The van der Waals surface area contributed by atoms with E-state index < -0.39 is 36.7 Å². The summed E-state index contributed by atoms with van der Waals surface area (Å²) in [5.41, 5.74) is 1.11. The van der Waals surface area contributed by atoms with Gasteiger partial charge in [0, 0.05) is 21.8 Å². The first-order chi connectivity index (χ1) is 14.1. The van der Waals surface area contributed by atoms with Gasteiger partial charge in [-0.25, -0.2) is 0 Å². The maximum absolute atomic E-state index is 12.8. The summed E-state index contributed by atoms with van der Waals surface area (Å²) in [7, 11) is 1.19. The van der Waals surface area contributed by atoms with Crippen LogP contribution in [0, 0.1) is 0 Å². The Morgan fingerprint density at radius 2 is 2.03 bits per heavy atom. The fourth-order valence-corrected chi connectivity index (χ4v) is 3.51. The molecule has 0 aliphatic carbocycles. The number of carboxylic acid groups (broad SMARTS) is 1. The van der Waals surface area contributed by atoms with Gasteiger partial charge in [-0.15, -0.1) is 13.2 Å². The summed E-state index contributed by atoms with van der Waals surface area (Å²) in [6.45, 7) is 0. The number of fused-ring (bicyclic) bond motifs is 1. The smallest absolute Gasteiger partial charge is 0.492 e. The van der Waals surface area contributed by atoms with Gasteiger partial charge < -0.3 is 24.6 Å². The van der Waals surface area contributed by atoms with Gasteiger partial charge in [0.25, 0.3) is 0 Å². The van der Waals surface area contributed by atoms with Crippen LogP contribution in [0.25, 0.3) is 0 Å². The minimum absolute atomic E-state index is 0.116. The average molecular weight is 462 g/mol. The number of aliphatic carboxylic acids is 1. The number of methoxy groups -OCH3 is 1. The summed E-state index contributed by atoms with van der Waals surface area (Å²) in [6, 6.07) is 8.69. The molecular formula is C19H15ClF3NO5S. The normalized spacial score (nSPS) is 18.8. The SMILES string of the molecule is COc1c(OC(F)(F)F)cccc1C1OC(CC(=O)O)C(=S)Nc2ccc(Cl)cc21. The fraction of sp³-hybridized carbons (Fsp3) is 0.263. The first-order valence-electron chi connectivity index (χ1n) is 8.49. The van der Waals surface area contributed by atoms with Gasteiger partial charge in [-0.2, -0.15) is 0 Å². The highest BCUT2D eigenvalue weighted by atomic mass is 35.5. The van der Waals surface area contributed by atoms with Crippen LogP contribution in [0.4, 0.5) is 18.9 Å². The van der Waals surface area contributed by atoms with Crippen LogP contribution in [-0.4, -0.2) is 35.6 Å². The molecule has 6 nitrogen and oxygen atoms in total. The third kappa shape index (κ3) is 4.94. The first-order valence-corrected chi connectivity index (χ1v) is 9.28. The van der Waals surface area contributed by atoms with Gasteiger partial charge in [0.05, 0.1) is 13.5 Å². The number of rotatable bonds is 5. The number of thiocarbonyl (C=S) groups is 1. The molecule has 0 aromatic heterocycles. The van der Waals surface area contributed by atoms with Crippen molar-refractivity contribution in [3.8, 4) is 11.5 Å². The number of para-hydroxylation sites is 1. The van der Waals surface area contributed by atoms with Crippen molar-refractivity contribution >= 4 is 40.5 Å². The van der Waals surface area contributed by atoms with Crippen molar-refractivity contribution < 1.29 is 37.3 Å². The molecule has 0 amide bonds. The Balaban J connectivity index is 2.16. The maximum atomic E-state index is 12.8. The lowest BCUT2D eigenvalue weighted by atomic mass is 9.98. The van der Waals surface area contributed by atoms with E-state index in [1.165, 1.54) is 19.2 Å². The van der Waals surface area contributed by atoms with Crippen molar-refractivity contribution in [2.75, 3.05) is 12.4 Å². The van der Waals surface area contributed by atoms with Gasteiger partial charge in [0.15, 0.2) is 11.5 Å². The van der Waals surface area contributed by atoms with Crippen LogP contribution < -0.4 is 14.8 Å². The Labute approximate surface area is 179 Å². The number of carboxylic acids is 1. The van der Waals surface area contributed by atoms with Gasteiger partial charge in [-0.05, 0) is 24.3 Å². The number of carbonyl (C=O) groups is 1. The molecule has 160 valence electrons. The van der Waals surface area contributed by atoms with Crippen LogP contribution in [0.1, 0.15) is 23.7 Å². The van der Waals surface area contributed by atoms with Gasteiger partial charge in [-0.3, -0.25) is 4.79 Å². The van der Waals surface area contributed by atoms with Gasteiger partial charge in [-0.1, -0.05) is 36.0 Å². The lowest BCUT2D eigenvalue weighted by Crippen LogP contribution is -2.30. The van der Waals surface area contributed by atoms with Crippen LogP contribution in [0.3, 0.4) is 0 Å². The zero-order valence-electron chi connectivity index (χ0n) is 15.3. The molecule has 0 bridgehead atoms.